The van der Waals surface area contributed by atoms with Gasteiger partial charge in [0.25, 0.3) is 0 Å². The molecule has 37 heavy (non-hydrogen) atoms. The molecule has 0 aliphatic rings. The minimum Gasteiger partial charge on any atom is -0.462 e. The van der Waals surface area contributed by atoms with Crippen molar-refractivity contribution in [1.82, 2.24) is 0 Å². The average Bonchev–Trinajstić information content (AvgIpc) is 2.81. The number of hydrogen-bond donors (Lipinski definition) is 1. The lowest BCUT2D eigenvalue weighted by atomic mass is 10.1. The van der Waals surface area contributed by atoms with E-state index in [-0.39, 0.29) is 26.1 Å². The lowest BCUT2D eigenvalue weighted by Gasteiger charge is -2.24. The molecular weight excluding hydrogens is 497 g/mol. The number of allylic oxidation sites excluding steroid dienone is 2. The Morgan fingerprint density at radius 1 is 0.811 bits per heavy atom. The van der Waals surface area contributed by atoms with Gasteiger partial charge in [0.05, 0.1) is 27.7 Å². The summed E-state index contributed by atoms with van der Waals surface area (Å²) in [5, 5.41) is 0. The molecule has 0 aromatic carbocycles. The Morgan fingerprint density at radius 3 is 2.05 bits per heavy atom. The Morgan fingerprint density at radius 2 is 1.41 bits per heavy atom. The number of ether oxygens (including phenoxy) is 2. The highest BCUT2D eigenvalue weighted by molar-refractivity contribution is 7.47. The van der Waals surface area contributed by atoms with Crippen LogP contribution in [0.15, 0.2) is 12.2 Å². The van der Waals surface area contributed by atoms with Crippen molar-refractivity contribution in [3.8, 4) is 0 Å². The SMILES string of the molecule is CCCC/C=C/CCCCCCCC(=O)O[C@H](COC(=O)CCCC)COP(=O)(O)OCC[N+](C)(C)C. The zero-order valence-electron chi connectivity index (χ0n) is 24.0. The van der Waals surface area contributed by atoms with E-state index in [1.165, 1.54) is 12.8 Å². The first kappa shape index (κ1) is 35.8. The Kier molecular flexibility index (Phi) is 20.9. The van der Waals surface area contributed by atoms with Crippen molar-refractivity contribution >= 4 is 19.8 Å². The number of unbranched alkanes of at least 4 members (excludes halogenated alkanes) is 8. The summed E-state index contributed by atoms with van der Waals surface area (Å²) in [4.78, 5) is 34.2. The summed E-state index contributed by atoms with van der Waals surface area (Å²) in [5.74, 6) is -0.856. The molecule has 218 valence electrons. The molecule has 1 unspecified atom stereocenters. The largest absolute Gasteiger partial charge is 0.472 e. The van der Waals surface area contributed by atoms with Crippen molar-refractivity contribution in [2.75, 3.05) is 47.5 Å². The van der Waals surface area contributed by atoms with E-state index in [1.807, 2.05) is 28.1 Å². The lowest BCUT2D eigenvalue weighted by molar-refractivity contribution is -0.870. The molecule has 0 fully saturated rings. The Labute approximate surface area is 225 Å². The molecule has 9 nitrogen and oxygen atoms in total. The highest BCUT2D eigenvalue weighted by Gasteiger charge is 2.26. The quantitative estimate of drug-likeness (QED) is 0.0517. The molecule has 0 spiro atoms. The molecule has 0 aromatic heterocycles. The van der Waals surface area contributed by atoms with Crippen LogP contribution in [-0.4, -0.2) is 74.9 Å². The number of esters is 2. The van der Waals surface area contributed by atoms with Gasteiger partial charge in [-0.15, -0.1) is 0 Å². The summed E-state index contributed by atoms with van der Waals surface area (Å²) in [7, 11) is 1.46. The van der Waals surface area contributed by atoms with Crippen molar-refractivity contribution in [2.45, 2.75) is 103 Å². The minimum absolute atomic E-state index is 0.0306. The molecule has 1 N–H and O–H groups in total. The number of hydrogen-bond acceptors (Lipinski definition) is 7. The van der Waals surface area contributed by atoms with Crippen molar-refractivity contribution in [2.24, 2.45) is 0 Å². The van der Waals surface area contributed by atoms with Gasteiger partial charge in [-0.1, -0.05) is 64.5 Å². The van der Waals surface area contributed by atoms with Gasteiger partial charge in [-0.25, -0.2) is 4.57 Å². The van der Waals surface area contributed by atoms with Gasteiger partial charge in [-0.2, -0.15) is 0 Å². The van der Waals surface area contributed by atoms with Crippen molar-refractivity contribution < 1.29 is 42.1 Å². The molecule has 2 atom stereocenters. The van der Waals surface area contributed by atoms with E-state index >= 15 is 0 Å². The summed E-state index contributed by atoms with van der Waals surface area (Å²) in [6, 6.07) is 0. The topological polar surface area (TPSA) is 108 Å². The van der Waals surface area contributed by atoms with Gasteiger partial charge in [0.15, 0.2) is 6.10 Å². The second kappa shape index (κ2) is 21.7. The van der Waals surface area contributed by atoms with Crippen molar-refractivity contribution in [3.63, 3.8) is 0 Å². The number of carbonyl (C=O) groups excluding carboxylic acids is 2. The van der Waals surface area contributed by atoms with Crippen LogP contribution in [0.3, 0.4) is 0 Å². The number of carbonyl (C=O) groups is 2. The van der Waals surface area contributed by atoms with Gasteiger partial charge in [-0.3, -0.25) is 18.6 Å². The molecule has 0 aromatic rings. The van der Waals surface area contributed by atoms with Crippen molar-refractivity contribution in [3.05, 3.63) is 12.2 Å². The van der Waals surface area contributed by atoms with Crippen LogP contribution in [0.25, 0.3) is 0 Å². The Hall–Kier alpha value is -1.25. The van der Waals surface area contributed by atoms with Crippen LogP contribution in [-0.2, 0) is 32.7 Å². The van der Waals surface area contributed by atoms with E-state index < -0.39 is 32.5 Å². The second-order valence-electron chi connectivity index (χ2n) is 10.4. The molecule has 0 radical (unpaired) electrons. The van der Waals surface area contributed by atoms with Crippen LogP contribution in [0.5, 0.6) is 0 Å². The minimum atomic E-state index is -4.34. The third-order valence-electron chi connectivity index (χ3n) is 5.55. The number of quaternary nitrogens is 1. The molecule has 10 heteroatoms. The Bertz CT molecular complexity index is 678. The van der Waals surface area contributed by atoms with Crippen LogP contribution in [0.2, 0.25) is 0 Å². The van der Waals surface area contributed by atoms with Crippen LogP contribution >= 0.6 is 7.82 Å². The molecule has 0 bridgehead atoms. The van der Waals surface area contributed by atoms with E-state index in [0.717, 1.165) is 44.9 Å². The summed E-state index contributed by atoms with van der Waals surface area (Å²) in [6.45, 7) is 4.06. The lowest BCUT2D eigenvalue weighted by Crippen LogP contribution is -2.37. The maximum atomic E-state index is 12.3. The third-order valence-corrected chi connectivity index (χ3v) is 6.53. The van der Waals surface area contributed by atoms with Gasteiger partial charge < -0.3 is 18.9 Å². The number of likely N-dealkylation sites (N-methyl/N-ethyl adjacent to an activating group) is 1. The van der Waals surface area contributed by atoms with Gasteiger partial charge in [0.2, 0.25) is 0 Å². The summed E-state index contributed by atoms with van der Waals surface area (Å²) >= 11 is 0. The maximum Gasteiger partial charge on any atom is 0.472 e. The molecular formula is C27H53NO8P+. The normalized spacial score (nSPS) is 14.4. The zero-order valence-corrected chi connectivity index (χ0v) is 24.8. The average molecular weight is 551 g/mol. The van der Waals surface area contributed by atoms with E-state index in [9.17, 15) is 19.0 Å². The highest BCUT2D eigenvalue weighted by Crippen LogP contribution is 2.43. The fourth-order valence-corrected chi connectivity index (χ4v) is 3.95. The van der Waals surface area contributed by atoms with Crippen molar-refractivity contribution in [1.29, 1.82) is 0 Å². The van der Waals surface area contributed by atoms with Gasteiger partial charge >= 0.3 is 19.8 Å². The third kappa shape index (κ3) is 24.8. The maximum absolute atomic E-state index is 12.3. The van der Waals surface area contributed by atoms with Crippen LogP contribution in [0.1, 0.15) is 97.3 Å². The molecule has 0 aliphatic carbocycles. The molecule has 0 rings (SSSR count). The fourth-order valence-electron chi connectivity index (χ4n) is 3.20. The molecule has 0 heterocycles. The zero-order chi connectivity index (χ0) is 28.0. The Balaban J connectivity index is 4.44. The smallest absolute Gasteiger partial charge is 0.462 e. The number of phosphoric acid groups is 1. The van der Waals surface area contributed by atoms with E-state index in [2.05, 4.69) is 19.1 Å². The first-order valence-corrected chi connectivity index (χ1v) is 15.4. The van der Waals surface area contributed by atoms with Gasteiger partial charge in [0.1, 0.15) is 19.8 Å². The van der Waals surface area contributed by atoms with Gasteiger partial charge in [0, 0.05) is 12.8 Å². The molecule has 0 saturated heterocycles. The number of phosphoric ester groups is 1. The fraction of sp³-hybridized carbons (Fsp3) is 0.852. The second-order valence-corrected chi connectivity index (χ2v) is 11.9. The number of rotatable bonds is 24. The van der Waals surface area contributed by atoms with E-state index in [4.69, 9.17) is 18.5 Å². The summed E-state index contributed by atoms with van der Waals surface area (Å²) < 4.78 is 33.4. The standard InChI is InChI=1S/C27H52NO8P/c1-6-8-10-11-12-13-14-15-16-17-18-20-27(30)36-25(23-33-26(29)19-9-7-2)24-35-37(31,32)34-22-21-28(3,4)5/h11-12,25H,6-10,13-24H2,1-5H3/p+1/b12-11+/t25-/m1/s1. The van der Waals surface area contributed by atoms with Crippen LogP contribution < -0.4 is 0 Å². The first-order valence-electron chi connectivity index (χ1n) is 13.9. The highest BCUT2D eigenvalue weighted by atomic mass is 31.2. The van der Waals surface area contributed by atoms with Gasteiger partial charge in [-0.05, 0) is 32.1 Å². The molecule has 0 saturated carbocycles. The predicted octanol–water partition coefficient (Wildman–Crippen LogP) is 5.95. The number of nitrogens with zero attached hydrogens (tertiary/aromatic N) is 1. The summed E-state index contributed by atoms with van der Waals surface area (Å²) in [6.07, 6.45) is 15.2. The first-order chi connectivity index (χ1) is 17.5. The summed E-state index contributed by atoms with van der Waals surface area (Å²) in [5.41, 5.74) is 0. The molecule has 0 amide bonds. The van der Waals surface area contributed by atoms with Crippen LogP contribution in [0.4, 0.5) is 0 Å². The predicted molar refractivity (Wildman–Crippen MR) is 146 cm³/mol. The monoisotopic (exact) mass is 550 g/mol. The van der Waals surface area contributed by atoms with Crippen LogP contribution in [0, 0.1) is 0 Å². The molecule has 0 aliphatic heterocycles. The van der Waals surface area contributed by atoms with E-state index in [0.29, 0.717) is 23.9 Å². The van der Waals surface area contributed by atoms with E-state index in [1.54, 1.807) is 0 Å².